The van der Waals surface area contributed by atoms with Gasteiger partial charge in [-0.15, -0.1) is 0 Å². The molecule has 0 bridgehead atoms. The first-order valence-electron chi connectivity index (χ1n) is 6.85. The molecule has 1 saturated heterocycles. The van der Waals surface area contributed by atoms with Gasteiger partial charge in [0.15, 0.2) is 11.2 Å². The van der Waals surface area contributed by atoms with E-state index in [0.29, 0.717) is 0 Å². The maximum atomic E-state index is 11.8. The molecule has 0 aliphatic carbocycles. The lowest BCUT2D eigenvalue weighted by molar-refractivity contribution is -0.0783. The van der Waals surface area contributed by atoms with Gasteiger partial charge in [-0.25, -0.2) is 4.98 Å². The van der Waals surface area contributed by atoms with E-state index in [2.05, 4.69) is 15.0 Å². The lowest BCUT2D eigenvalue weighted by Gasteiger charge is -2.28. The molecule has 13 heteroatoms. The van der Waals surface area contributed by atoms with Gasteiger partial charge in [0.1, 0.15) is 18.1 Å². The van der Waals surface area contributed by atoms with Crippen LogP contribution in [0.2, 0.25) is 0 Å². The second-order valence-electron chi connectivity index (χ2n) is 5.56. The minimum atomic E-state index is -4.38. The summed E-state index contributed by atoms with van der Waals surface area (Å²) in [5.41, 5.74) is 3.66. The molecule has 0 radical (unpaired) electrons. The number of aromatic nitrogens is 4. The van der Waals surface area contributed by atoms with Crippen LogP contribution >= 0.6 is 7.60 Å². The van der Waals surface area contributed by atoms with Crippen LogP contribution in [0.1, 0.15) is 0 Å². The van der Waals surface area contributed by atoms with Gasteiger partial charge in [0.2, 0.25) is 5.95 Å². The Bertz CT molecular complexity index is 860. The zero-order chi connectivity index (χ0) is 17.5. The number of hydrogen-bond donors (Lipinski definition) is 5. The first-order chi connectivity index (χ1) is 11.2. The summed E-state index contributed by atoms with van der Waals surface area (Å²) in [6.45, 7) is -0.248. The van der Waals surface area contributed by atoms with Crippen LogP contribution in [0.3, 0.4) is 0 Å². The van der Waals surface area contributed by atoms with Gasteiger partial charge in [0.25, 0.3) is 5.56 Å². The van der Waals surface area contributed by atoms with E-state index >= 15 is 0 Å². The highest BCUT2D eigenvalue weighted by Crippen LogP contribution is 2.36. The van der Waals surface area contributed by atoms with Crippen LogP contribution in [0.5, 0.6) is 0 Å². The summed E-state index contributed by atoms with van der Waals surface area (Å²) in [6.07, 6.45) is -0.483. The smallest absolute Gasteiger partial charge is 0.350 e. The Balaban J connectivity index is 1.86. The molecule has 1 aliphatic rings. The van der Waals surface area contributed by atoms with Crippen molar-refractivity contribution in [3.8, 4) is 0 Å². The number of fused-ring (bicyclic) bond motifs is 1. The Kier molecular flexibility index (Phi) is 4.20. The summed E-state index contributed by atoms with van der Waals surface area (Å²) in [6, 6.07) is 0. The number of nitrogens with one attached hydrogen (secondary N) is 1. The van der Waals surface area contributed by atoms with Crippen LogP contribution < -0.4 is 11.3 Å². The van der Waals surface area contributed by atoms with E-state index in [4.69, 9.17) is 25.0 Å². The number of aliphatic hydroxyl groups is 1. The average molecular weight is 361 g/mol. The van der Waals surface area contributed by atoms with Crippen LogP contribution in [0.15, 0.2) is 11.1 Å². The average Bonchev–Trinajstić information content (AvgIpc) is 3.01. The van der Waals surface area contributed by atoms with E-state index in [1.807, 2.05) is 0 Å². The SMILES string of the molecule is Nc1nc2c(ncn2CC2(O)COC[C@@H]2OCP(=O)(O)O)c(=O)[nH]1. The number of imidazole rings is 1. The molecule has 3 rings (SSSR count). The zero-order valence-electron chi connectivity index (χ0n) is 12.3. The highest BCUT2D eigenvalue weighted by molar-refractivity contribution is 7.51. The monoisotopic (exact) mass is 361 g/mol. The van der Waals surface area contributed by atoms with Crippen molar-refractivity contribution in [1.29, 1.82) is 0 Å². The number of hydrogen-bond acceptors (Lipinski definition) is 8. The minimum Gasteiger partial charge on any atom is -0.383 e. The quantitative estimate of drug-likeness (QED) is 0.372. The minimum absolute atomic E-state index is 0.0285. The molecule has 132 valence electrons. The third-order valence-electron chi connectivity index (χ3n) is 3.60. The van der Waals surface area contributed by atoms with Crippen LogP contribution in [0.4, 0.5) is 5.95 Å². The number of ether oxygens (including phenoxy) is 2. The van der Waals surface area contributed by atoms with Crippen molar-refractivity contribution in [2.75, 3.05) is 25.3 Å². The lowest BCUT2D eigenvalue weighted by atomic mass is 10.0. The van der Waals surface area contributed by atoms with Crippen LogP contribution in [-0.4, -0.2) is 65.7 Å². The molecular weight excluding hydrogens is 345 g/mol. The van der Waals surface area contributed by atoms with E-state index in [1.165, 1.54) is 10.9 Å². The van der Waals surface area contributed by atoms with Crippen molar-refractivity contribution in [2.24, 2.45) is 0 Å². The van der Waals surface area contributed by atoms with Crippen molar-refractivity contribution in [2.45, 2.75) is 18.2 Å². The maximum Gasteiger partial charge on any atom is 0.350 e. The van der Waals surface area contributed by atoms with Crippen molar-refractivity contribution in [3.05, 3.63) is 16.7 Å². The number of aromatic amines is 1. The van der Waals surface area contributed by atoms with Gasteiger partial charge in [-0.3, -0.25) is 14.3 Å². The third-order valence-corrected chi connectivity index (χ3v) is 4.09. The Morgan fingerprint density at radius 2 is 2.33 bits per heavy atom. The molecule has 0 saturated carbocycles. The highest BCUT2D eigenvalue weighted by Gasteiger charge is 2.45. The number of rotatable bonds is 5. The van der Waals surface area contributed by atoms with Crippen LogP contribution in [-0.2, 0) is 20.6 Å². The Hall–Kier alpha value is -1.82. The van der Waals surface area contributed by atoms with Gasteiger partial charge in [-0.1, -0.05) is 0 Å². The molecule has 0 aromatic carbocycles. The number of H-pyrrole nitrogens is 1. The number of nitrogen functional groups attached to an aromatic ring is 1. The van der Waals surface area contributed by atoms with Crippen LogP contribution in [0.25, 0.3) is 11.2 Å². The van der Waals surface area contributed by atoms with Gasteiger partial charge >= 0.3 is 7.60 Å². The molecule has 1 unspecified atom stereocenters. The molecule has 1 fully saturated rings. The summed E-state index contributed by atoms with van der Waals surface area (Å²) in [4.78, 5) is 39.8. The van der Waals surface area contributed by atoms with Gasteiger partial charge in [-0.2, -0.15) is 4.98 Å². The predicted molar refractivity (Wildman–Crippen MR) is 80.1 cm³/mol. The van der Waals surface area contributed by atoms with Crippen LogP contribution in [0, 0.1) is 0 Å². The molecule has 6 N–H and O–H groups in total. The second-order valence-corrected chi connectivity index (χ2v) is 7.15. The summed E-state index contributed by atoms with van der Waals surface area (Å²) >= 11 is 0. The van der Waals surface area contributed by atoms with Gasteiger partial charge < -0.3 is 34.7 Å². The first-order valence-corrected chi connectivity index (χ1v) is 8.65. The van der Waals surface area contributed by atoms with Gasteiger partial charge in [-0.05, 0) is 0 Å². The van der Waals surface area contributed by atoms with E-state index in [-0.39, 0.29) is 36.9 Å². The molecule has 2 atom stereocenters. The van der Waals surface area contributed by atoms with E-state index < -0.39 is 31.2 Å². The molecule has 0 spiro atoms. The van der Waals surface area contributed by atoms with Gasteiger partial charge in [0, 0.05) is 0 Å². The third kappa shape index (κ3) is 3.34. The number of anilines is 1. The Morgan fingerprint density at radius 3 is 3.04 bits per heavy atom. The van der Waals surface area contributed by atoms with Crippen molar-refractivity contribution >= 4 is 24.7 Å². The summed E-state index contributed by atoms with van der Waals surface area (Å²) < 4.78 is 22.6. The number of nitrogens with two attached hydrogens (primary N) is 1. The molecule has 24 heavy (non-hydrogen) atoms. The van der Waals surface area contributed by atoms with Crippen molar-refractivity contribution < 1.29 is 28.9 Å². The van der Waals surface area contributed by atoms with Gasteiger partial charge in [0.05, 0.1) is 26.1 Å². The molecule has 12 nitrogen and oxygen atoms in total. The second kappa shape index (κ2) is 5.92. The van der Waals surface area contributed by atoms with E-state index in [0.717, 1.165) is 0 Å². The zero-order valence-corrected chi connectivity index (χ0v) is 13.2. The maximum absolute atomic E-state index is 11.8. The predicted octanol–water partition coefficient (Wildman–Crippen LogP) is -2.02. The fourth-order valence-corrected chi connectivity index (χ4v) is 2.88. The standard InChI is InChI=1S/C11H16N5O7P/c12-10-14-8-7(9(17)15-10)13-4-16(8)2-11(18)3-22-1-6(11)23-5-24(19,20)21/h4,6,18H,1-3,5H2,(H2,19,20,21)(H3,12,14,15,17)/t6-,11?/m0/s1. The summed E-state index contributed by atoms with van der Waals surface area (Å²) in [5, 5.41) is 10.7. The topological polar surface area (TPSA) is 186 Å². The summed E-state index contributed by atoms with van der Waals surface area (Å²) in [5.74, 6) is -0.0989. The van der Waals surface area contributed by atoms with E-state index in [9.17, 15) is 14.5 Å². The normalized spacial score (nSPS) is 24.7. The lowest BCUT2D eigenvalue weighted by Crippen LogP contribution is -2.46. The molecular formula is C11H16N5O7P. The first kappa shape index (κ1) is 17.0. The molecule has 2 aromatic rings. The Morgan fingerprint density at radius 1 is 1.58 bits per heavy atom. The molecule has 0 amide bonds. The van der Waals surface area contributed by atoms with Crippen molar-refractivity contribution in [3.63, 3.8) is 0 Å². The largest absolute Gasteiger partial charge is 0.383 e. The number of nitrogens with zero attached hydrogens (tertiary/aromatic N) is 3. The van der Waals surface area contributed by atoms with Crippen molar-refractivity contribution in [1.82, 2.24) is 19.5 Å². The molecule has 3 heterocycles. The summed E-state index contributed by atoms with van der Waals surface area (Å²) in [7, 11) is -4.38. The Labute approximate surface area is 134 Å². The molecule has 2 aromatic heterocycles. The van der Waals surface area contributed by atoms with E-state index in [1.54, 1.807) is 0 Å². The molecule has 1 aliphatic heterocycles. The highest BCUT2D eigenvalue weighted by atomic mass is 31.2. The fraction of sp³-hybridized carbons (Fsp3) is 0.545. The fourth-order valence-electron chi connectivity index (χ4n) is 2.51.